The Kier molecular flexibility index (Phi) is 7.54. The van der Waals surface area contributed by atoms with Gasteiger partial charge in [-0.3, -0.25) is 4.79 Å². The van der Waals surface area contributed by atoms with Crippen LogP contribution in [-0.2, 0) is 20.9 Å². The van der Waals surface area contributed by atoms with Gasteiger partial charge in [-0.25, -0.2) is 0 Å². The molecule has 4 nitrogen and oxygen atoms in total. The number of ether oxygens (including phenoxy) is 3. The van der Waals surface area contributed by atoms with Gasteiger partial charge in [0.25, 0.3) is 0 Å². The highest BCUT2D eigenvalue weighted by Gasteiger charge is 2.10. The molecule has 0 fully saturated rings. The van der Waals surface area contributed by atoms with E-state index in [-0.39, 0.29) is 18.7 Å². The van der Waals surface area contributed by atoms with E-state index in [1.165, 1.54) is 6.92 Å². The number of hydrogen-bond acceptors (Lipinski definition) is 4. The molecule has 1 aromatic rings. The highest BCUT2D eigenvalue weighted by atomic mass is 16.5. The molecule has 0 amide bonds. The number of methoxy groups -OCH3 is 1. The Balaban J connectivity index is 2.48. The van der Waals surface area contributed by atoms with Crippen LogP contribution in [-0.4, -0.2) is 25.8 Å². The maximum Gasteiger partial charge on any atom is 0.302 e. The molecule has 1 aromatic carbocycles. The van der Waals surface area contributed by atoms with Crippen LogP contribution in [0.25, 0.3) is 0 Å². The minimum atomic E-state index is -0.278. The molecule has 0 bridgehead atoms. The molecule has 0 unspecified atom stereocenters. The summed E-state index contributed by atoms with van der Waals surface area (Å²) < 4.78 is 15.9. The summed E-state index contributed by atoms with van der Waals surface area (Å²) in [5.41, 5.74) is 1.09. The molecule has 21 heavy (non-hydrogen) atoms. The van der Waals surface area contributed by atoms with Crippen molar-refractivity contribution in [1.29, 1.82) is 0 Å². The lowest BCUT2D eigenvalue weighted by molar-refractivity contribution is -0.139. The second-order valence-electron chi connectivity index (χ2n) is 5.10. The Morgan fingerprint density at radius 3 is 2.43 bits per heavy atom. The average Bonchev–Trinajstić information content (AvgIpc) is 2.46. The van der Waals surface area contributed by atoms with Crippen molar-refractivity contribution in [2.24, 2.45) is 5.92 Å². The standard InChI is InChI=1S/C17H24O4/c1-13(2)17(6-5-11-20-14(3)18)21-12-15-7-9-16(19-4)10-8-15/h5-10,13,17H,11-12H2,1-4H3/t17-/m0/s1. The lowest BCUT2D eigenvalue weighted by Gasteiger charge is -2.18. The van der Waals surface area contributed by atoms with Crippen molar-refractivity contribution in [3.63, 3.8) is 0 Å². The molecule has 4 heteroatoms. The second kappa shape index (κ2) is 9.19. The summed E-state index contributed by atoms with van der Waals surface area (Å²) in [6.07, 6.45) is 3.75. The van der Waals surface area contributed by atoms with E-state index in [2.05, 4.69) is 13.8 Å². The first kappa shape index (κ1) is 17.2. The zero-order chi connectivity index (χ0) is 15.7. The number of rotatable bonds is 8. The maximum absolute atomic E-state index is 10.7. The van der Waals surface area contributed by atoms with E-state index in [0.29, 0.717) is 12.5 Å². The topological polar surface area (TPSA) is 44.8 Å². The normalized spacial score (nSPS) is 12.6. The van der Waals surface area contributed by atoms with Gasteiger partial charge < -0.3 is 14.2 Å². The van der Waals surface area contributed by atoms with Crippen molar-refractivity contribution < 1.29 is 19.0 Å². The molecule has 0 saturated carbocycles. The Morgan fingerprint density at radius 1 is 1.24 bits per heavy atom. The predicted octanol–water partition coefficient (Wildman–Crippen LogP) is 3.36. The molecule has 0 aromatic heterocycles. The minimum Gasteiger partial charge on any atom is -0.497 e. The SMILES string of the molecule is COc1ccc(CO[C@@H](C=CCOC(C)=O)C(C)C)cc1. The summed E-state index contributed by atoms with van der Waals surface area (Å²) in [6, 6.07) is 7.80. The van der Waals surface area contributed by atoms with Gasteiger partial charge in [0.05, 0.1) is 19.8 Å². The van der Waals surface area contributed by atoms with E-state index < -0.39 is 0 Å². The lowest BCUT2D eigenvalue weighted by atomic mass is 10.1. The number of benzene rings is 1. The van der Waals surface area contributed by atoms with Crippen LogP contribution in [0.1, 0.15) is 26.3 Å². The van der Waals surface area contributed by atoms with Gasteiger partial charge in [-0.1, -0.05) is 32.1 Å². The van der Waals surface area contributed by atoms with Gasteiger partial charge in [0.15, 0.2) is 0 Å². The van der Waals surface area contributed by atoms with E-state index in [1.807, 2.05) is 36.4 Å². The predicted molar refractivity (Wildman–Crippen MR) is 82.2 cm³/mol. The zero-order valence-electron chi connectivity index (χ0n) is 13.2. The molecule has 1 rings (SSSR count). The van der Waals surface area contributed by atoms with Gasteiger partial charge >= 0.3 is 5.97 Å². The van der Waals surface area contributed by atoms with Crippen LogP contribution in [0.3, 0.4) is 0 Å². The van der Waals surface area contributed by atoms with Crippen molar-refractivity contribution in [1.82, 2.24) is 0 Å². The van der Waals surface area contributed by atoms with Gasteiger partial charge in [0, 0.05) is 6.92 Å². The van der Waals surface area contributed by atoms with Crippen molar-refractivity contribution in [2.45, 2.75) is 33.5 Å². The van der Waals surface area contributed by atoms with Crippen molar-refractivity contribution in [3.05, 3.63) is 42.0 Å². The molecule has 0 saturated heterocycles. The average molecular weight is 292 g/mol. The summed E-state index contributed by atoms with van der Waals surface area (Å²) in [7, 11) is 1.65. The molecular weight excluding hydrogens is 268 g/mol. The Hall–Kier alpha value is -1.81. The Labute approximate surface area is 126 Å². The van der Waals surface area contributed by atoms with Crippen LogP contribution in [0.2, 0.25) is 0 Å². The van der Waals surface area contributed by atoms with E-state index >= 15 is 0 Å². The van der Waals surface area contributed by atoms with E-state index in [1.54, 1.807) is 7.11 Å². The molecule has 0 N–H and O–H groups in total. The number of carbonyl (C=O) groups is 1. The molecule has 0 aliphatic carbocycles. The summed E-state index contributed by atoms with van der Waals surface area (Å²) in [5.74, 6) is 0.900. The van der Waals surface area contributed by atoms with Crippen LogP contribution in [0.4, 0.5) is 0 Å². The first-order valence-electron chi connectivity index (χ1n) is 7.07. The monoisotopic (exact) mass is 292 g/mol. The van der Waals surface area contributed by atoms with Crippen LogP contribution in [0, 0.1) is 5.92 Å². The lowest BCUT2D eigenvalue weighted by Crippen LogP contribution is -2.17. The number of carbonyl (C=O) groups excluding carboxylic acids is 1. The van der Waals surface area contributed by atoms with E-state index in [4.69, 9.17) is 14.2 Å². The Morgan fingerprint density at radius 2 is 1.90 bits per heavy atom. The Bertz CT molecular complexity index is 448. The second-order valence-corrected chi connectivity index (χ2v) is 5.10. The van der Waals surface area contributed by atoms with Gasteiger partial charge in [0.2, 0.25) is 0 Å². The summed E-state index contributed by atoms with van der Waals surface area (Å²) >= 11 is 0. The molecule has 1 atom stereocenters. The highest BCUT2D eigenvalue weighted by molar-refractivity contribution is 5.65. The van der Waals surface area contributed by atoms with Gasteiger partial charge in [-0.15, -0.1) is 0 Å². The third-order valence-corrected chi connectivity index (χ3v) is 2.97. The smallest absolute Gasteiger partial charge is 0.302 e. The molecule has 116 valence electrons. The van der Waals surface area contributed by atoms with Crippen molar-refractivity contribution in [3.8, 4) is 5.75 Å². The third kappa shape index (κ3) is 6.95. The van der Waals surface area contributed by atoms with Crippen molar-refractivity contribution >= 4 is 5.97 Å². The zero-order valence-corrected chi connectivity index (χ0v) is 13.2. The van der Waals surface area contributed by atoms with Gasteiger partial charge in [-0.2, -0.15) is 0 Å². The largest absolute Gasteiger partial charge is 0.497 e. The van der Waals surface area contributed by atoms with Gasteiger partial charge in [0.1, 0.15) is 12.4 Å². The molecule has 0 radical (unpaired) electrons. The summed E-state index contributed by atoms with van der Waals surface area (Å²) in [5, 5.41) is 0. The molecule has 0 aliphatic heterocycles. The highest BCUT2D eigenvalue weighted by Crippen LogP contribution is 2.15. The number of esters is 1. The van der Waals surface area contributed by atoms with Crippen LogP contribution < -0.4 is 4.74 Å². The first-order chi connectivity index (χ1) is 10.0. The van der Waals surface area contributed by atoms with Crippen LogP contribution in [0.15, 0.2) is 36.4 Å². The summed E-state index contributed by atoms with van der Waals surface area (Å²) in [4.78, 5) is 10.7. The molecule has 0 aliphatic rings. The summed E-state index contributed by atoms with van der Waals surface area (Å²) in [6.45, 7) is 6.40. The van der Waals surface area contributed by atoms with Gasteiger partial charge in [-0.05, 0) is 29.7 Å². The van der Waals surface area contributed by atoms with Crippen molar-refractivity contribution in [2.75, 3.05) is 13.7 Å². The minimum absolute atomic E-state index is 0.0114. The fourth-order valence-corrected chi connectivity index (χ4v) is 1.74. The molecule has 0 heterocycles. The van der Waals surface area contributed by atoms with Crippen LogP contribution >= 0.6 is 0 Å². The maximum atomic E-state index is 10.7. The van der Waals surface area contributed by atoms with E-state index in [0.717, 1.165) is 11.3 Å². The fourth-order valence-electron chi connectivity index (χ4n) is 1.74. The van der Waals surface area contributed by atoms with Crippen LogP contribution in [0.5, 0.6) is 5.75 Å². The quantitative estimate of drug-likeness (QED) is 0.544. The van der Waals surface area contributed by atoms with E-state index in [9.17, 15) is 4.79 Å². The molecular formula is C17H24O4. The first-order valence-corrected chi connectivity index (χ1v) is 7.07. The number of hydrogen-bond donors (Lipinski definition) is 0. The fraction of sp³-hybridized carbons (Fsp3) is 0.471. The third-order valence-electron chi connectivity index (χ3n) is 2.97. The molecule has 0 spiro atoms.